The molecule has 0 atom stereocenters. The molecule has 1 amide bonds. The third-order valence-corrected chi connectivity index (χ3v) is 4.75. The topological polar surface area (TPSA) is 110 Å². The Morgan fingerprint density at radius 2 is 1.89 bits per heavy atom. The number of nitrogens with zero attached hydrogens (tertiary/aromatic N) is 1. The third kappa shape index (κ3) is 4.68. The number of nitrogen functional groups attached to an aromatic ring is 1. The number of hydrogen-bond acceptors (Lipinski definition) is 6. The van der Waals surface area contributed by atoms with Gasteiger partial charge < -0.3 is 15.8 Å². The second-order valence-electron chi connectivity index (χ2n) is 5.73. The number of aromatic nitrogens is 2. The minimum Gasteiger partial charge on any atom is -0.497 e. The quantitative estimate of drug-likeness (QED) is 0.433. The summed E-state index contributed by atoms with van der Waals surface area (Å²) < 4.78 is 18.0. The SMILES string of the molecule is COc1ccc(C(=O)Nc2c(N)nc(SCc3ccc(F)cc3)[nH]c2=O)cc1. The van der Waals surface area contributed by atoms with Gasteiger partial charge in [0.05, 0.1) is 7.11 Å². The van der Waals surface area contributed by atoms with Gasteiger partial charge in [-0.15, -0.1) is 0 Å². The van der Waals surface area contributed by atoms with Crippen LogP contribution >= 0.6 is 11.8 Å². The lowest BCUT2D eigenvalue weighted by Crippen LogP contribution is -2.23. The Morgan fingerprint density at radius 1 is 1.21 bits per heavy atom. The van der Waals surface area contributed by atoms with Crippen molar-refractivity contribution in [2.75, 3.05) is 18.2 Å². The van der Waals surface area contributed by atoms with E-state index in [0.717, 1.165) is 5.56 Å². The summed E-state index contributed by atoms with van der Waals surface area (Å²) in [6.07, 6.45) is 0. The van der Waals surface area contributed by atoms with Gasteiger partial charge in [0.1, 0.15) is 17.3 Å². The molecule has 2 aromatic carbocycles. The number of thioether (sulfide) groups is 1. The molecule has 0 saturated carbocycles. The highest BCUT2D eigenvalue weighted by molar-refractivity contribution is 7.98. The zero-order valence-electron chi connectivity index (χ0n) is 14.9. The number of amides is 1. The van der Waals surface area contributed by atoms with Crippen LogP contribution in [0.1, 0.15) is 15.9 Å². The number of aromatic amines is 1. The Morgan fingerprint density at radius 3 is 2.50 bits per heavy atom. The van der Waals surface area contributed by atoms with E-state index in [4.69, 9.17) is 10.5 Å². The van der Waals surface area contributed by atoms with Crippen molar-refractivity contribution in [1.29, 1.82) is 0 Å². The standard InChI is InChI=1S/C19H17FN4O3S/c1-27-14-8-4-12(5-9-14)17(25)22-15-16(21)23-19(24-18(15)26)28-10-11-2-6-13(20)7-3-11/h2-9H,10H2,1H3,(H,22,25)(H3,21,23,24,26). The lowest BCUT2D eigenvalue weighted by molar-refractivity contribution is 0.102. The molecule has 0 spiro atoms. The van der Waals surface area contributed by atoms with Gasteiger partial charge in [0.2, 0.25) is 0 Å². The molecule has 3 aromatic rings. The van der Waals surface area contributed by atoms with Crippen molar-refractivity contribution in [3.63, 3.8) is 0 Å². The van der Waals surface area contributed by atoms with E-state index in [9.17, 15) is 14.0 Å². The fraction of sp³-hybridized carbons (Fsp3) is 0.105. The van der Waals surface area contributed by atoms with Gasteiger partial charge in [-0.2, -0.15) is 0 Å². The van der Waals surface area contributed by atoms with Crippen LogP contribution in [0.5, 0.6) is 5.75 Å². The van der Waals surface area contributed by atoms with Crippen LogP contribution in [0.15, 0.2) is 58.5 Å². The normalized spacial score (nSPS) is 10.5. The molecule has 28 heavy (non-hydrogen) atoms. The van der Waals surface area contributed by atoms with Crippen LogP contribution in [0, 0.1) is 5.82 Å². The first-order valence-corrected chi connectivity index (χ1v) is 9.17. The van der Waals surface area contributed by atoms with Crippen molar-refractivity contribution in [2.24, 2.45) is 0 Å². The molecule has 0 aliphatic heterocycles. The number of rotatable bonds is 6. The zero-order chi connectivity index (χ0) is 20.1. The number of H-pyrrole nitrogens is 1. The van der Waals surface area contributed by atoms with Crippen molar-refractivity contribution in [2.45, 2.75) is 10.9 Å². The molecule has 0 radical (unpaired) electrons. The molecular weight excluding hydrogens is 383 g/mol. The second-order valence-corrected chi connectivity index (χ2v) is 6.69. The summed E-state index contributed by atoms with van der Waals surface area (Å²) in [6, 6.07) is 12.4. The zero-order valence-corrected chi connectivity index (χ0v) is 15.7. The maximum atomic E-state index is 12.9. The van der Waals surface area contributed by atoms with Gasteiger partial charge in [0, 0.05) is 11.3 Å². The monoisotopic (exact) mass is 400 g/mol. The number of nitrogens with two attached hydrogens (primary N) is 1. The van der Waals surface area contributed by atoms with Crippen LogP contribution in [0.3, 0.4) is 0 Å². The Hall–Kier alpha value is -3.33. The van der Waals surface area contributed by atoms with Crippen LogP contribution in [0.2, 0.25) is 0 Å². The van der Waals surface area contributed by atoms with E-state index in [2.05, 4.69) is 15.3 Å². The van der Waals surface area contributed by atoms with Crippen molar-refractivity contribution < 1.29 is 13.9 Å². The molecule has 0 aliphatic carbocycles. The molecule has 0 bridgehead atoms. The maximum Gasteiger partial charge on any atom is 0.277 e. The molecule has 0 fully saturated rings. The van der Waals surface area contributed by atoms with E-state index in [1.807, 2.05) is 0 Å². The predicted molar refractivity (Wildman–Crippen MR) is 106 cm³/mol. The van der Waals surface area contributed by atoms with E-state index in [1.165, 1.54) is 31.0 Å². The summed E-state index contributed by atoms with van der Waals surface area (Å²) in [7, 11) is 1.52. The van der Waals surface area contributed by atoms with Crippen LogP contribution in [0.4, 0.5) is 15.9 Å². The summed E-state index contributed by atoms with van der Waals surface area (Å²) in [5, 5.41) is 2.78. The van der Waals surface area contributed by atoms with Crippen LogP contribution in [0.25, 0.3) is 0 Å². The Kier molecular flexibility index (Phi) is 5.95. The Balaban J connectivity index is 1.71. The lowest BCUT2D eigenvalue weighted by Gasteiger charge is -2.09. The number of carbonyl (C=O) groups is 1. The van der Waals surface area contributed by atoms with Gasteiger partial charge in [-0.25, -0.2) is 9.37 Å². The summed E-state index contributed by atoms with van der Waals surface area (Å²) in [6.45, 7) is 0. The number of halogens is 1. The molecule has 1 heterocycles. The Bertz CT molecular complexity index is 1040. The van der Waals surface area contributed by atoms with Gasteiger partial charge in [0.15, 0.2) is 11.0 Å². The minimum atomic E-state index is -0.559. The highest BCUT2D eigenvalue weighted by atomic mass is 32.2. The van der Waals surface area contributed by atoms with Gasteiger partial charge in [-0.05, 0) is 42.0 Å². The summed E-state index contributed by atoms with van der Waals surface area (Å²) in [4.78, 5) is 31.3. The first-order valence-electron chi connectivity index (χ1n) is 8.18. The molecule has 1 aromatic heterocycles. The first kappa shape index (κ1) is 19.4. The highest BCUT2D eigenvalue weighted by Crippen LogP contribution is 2.21. The molecule has 0 unspecified atom stereocenters. The van der Waals surface area contributed by atoms with E-state index in [0.29, 0.717) is 22.2 Å². The Labute approximate surface area is 164 Å². The first-order chi connectivity index (χ1) is 13.5. The largest absolute Gasteiger partial charge is 0.497 e. The van der Waals surface area contributed by atoms with Crippen LogP contribution in [-0.2, 0) is 5.75 Å². The van der Waals surface area contributed by atoms with Gasteiger partial charge in [0.25, 0.3) is 11.5 Å². The average molecular weight is 400 g/mol. The minimum absolute atomic E-state index is 0.0905. The maximum absolute atomic E-state index is 12.9. The molecule has 0 saturated heterocycles. The van der Waals surface area contributed by atoms with E-state index in [-0.39, 0.29) is 17.3 Å². The lowest BCUT2D eigenvalue weighted by atomic mass is 10.2. The van der Waals surface area contributed by atoms with Crippen LogP contribution in [-0.4, -0.2) is 23.0 Å². The smallest absolute Gasteiger partial charge is 0.277 e. The van der Waals surface area contributed by atoms with Gasteiger partial charge in [-0.3, -0.25) is 14.6 Å². The molecule has 144 valence electrons. The fourth-order valence-electron chi connectivity index (χ4n) is 2.32. The summed E-state index contributed by atoms with van der Waals surface area (Å²) >= 11 is 1.24. The number of ether oxygens (including phenoxy) is 1. The number of nitrogens with one attached hydrogen (secondary N) is 2. The molecule has 9 heteroatoms. The molecule has 4 N–H and O–H groups in total. The van der Waals surface area contributed by atoms with Crippen molar-refractivity contribution in [1.82, 2.24) is 9.97 Å². The number of methoxy groups -OCH3 is 1. The van der Waals surface area contributed by atoms with Crippen LogP contribution < -0.4 is 21.3 Å². The number of carbonyl (C=O) groups excluding carboxylic acids is 1. The molecule has 7 nitrogen and oxygen atoms in total. The number of benzene rings is 2. The van der Waals surface area contributed by atoms with E-state index >= 15 is 0 Å². The van der Waals surface area contributed by atoms with E-state index < -0.39 is 11.5 Å². The predicted octanol–water partition coefficient (Wildman–Crippen LogP) is 3.04. The molecule has 0 aliphatic rings. The second kappa shape index (κ2) is 8.57. The van der Waals surface area contributed by atoms with E-state index in [1.54, 1.807) is 36.4 Å². The van der Waals surface area contributed by atoms with Crippen molar-refractivity contribution in [3.05, 3.63) is 75.8 Å². The van der Waals surface area contributed by atoms with Gasteiger partial charge in [-0.1, -0.05) is 23.9 Å². The van der Waals surface area contributed by atoms with Crippen molar-refractivity contribution >= 4 is 29.2 Å². The number of hydrogen-bond donors (Lipinski definition) is 3. The average Bonchev–Trinajstić information content (AvgIpc) is 2.70. The number of anilines is 2. The highest BCUT2D eigenvalue weighted by Gasteiger charge is 2.14. The summed E-state index contributed by atoms with van der Waals surface area (Å²) in [5.41, 5.74) is 6.38. The fourth-order valence-corrected chi connectivity index (χ4v) is 3.14. The molecular formula is C19H17FN4O3S. The van der Waals surface area contributed by atoms with Gasteiger partial charge >= 0.3 is 0 Å². The molecule has 3 rings (SSSR count). The summed E-state index contributed by atoms with van der Waals surface area (Å²) in [5.74, 6) is 0.181. The third-order valence-electron chi connectivity index (χ3n) is 3.81. The van der Waals surface area contributed by atoms with Crippen molar-refractivity contribution in [3.8, 4) is 5.75 Å².